The van der Waals surface area contributed by atoms with Crippen LogP contribution in [0.2, 0.25) is 0 Å². The van der Waals surface area contributed by atoms with Gasteiger partial charge in [0.05, 0.1) is 12.8 Å². The fourth-order valence-electron chi connectivity index (χ4n) is 5.90. The third-order valence-corrected chi connectivity index (χ3v) is 7.83. The summed E-state index contributed by atoms with van der Waals surface area (Å²) in [6.45, 7) is 5.71. The number of pyridine rings is 1. The second-order valence-electron chi connectivity index (χ2n) is 10.8. The summed E-state index contributed by atoms with van der Waals surface area (Å²) in [7, 11) is 1.53. The van der Waals surface area contributed by atoms with E-state index in [4.69, 9.17) is 9.47 Å². The molecule has 1 atom stereocenters. The van der Waals surface area contributed by atoms with Crippen molar-refractivity contribution in [1.29, 1.82) is 0 Å². The van der Waals surface area contributed by atoms with Gasteiger partial charge in [0.15, 0.2) is 0 Å². The normalized spacial score (nSPS) is 23.4. The number of carbonyl (C=O) groups excluding carboxylic acids is 3. The van der Waals surface area contributed by atoms with Gasteiger partial charge in [-0.25, -0.2) is 9.37 Å². The molecule has 2 aromatic rings. The number of methoxy groups -OCH3 is 1. The van der Waals surface area contributed by atoms with E-state index < -0.39 is 11.9 Å². The van der Waals surface area contributed by atoms with Crippen molar-refractivity contribution >= 4 is 23.5 Å². The number of ether oxygens (including phenoxy) is 2. The van der Waals surface area contributed by atoms with Gasteiger partial charge >= 0.3 is 5.97 Å². The zero-order valence-corrected chi connectivity index (χ0v) is 21.6. The molecule has 1 N–H and O–H groups in total. The van der Waals surface area contributed by atoms with E-state index in [1.807, 2.05) is 19.9 Å². The van der Waals surface area contributed by atoms with E-state index >= 15 is 4.39 Å². The number of amides is 2. The lowest BCUT2D eigenvalue weighted by Crippen LogP contribution is -2.51. The van der Waals surface area contributed by atoms with Gasteiger partial charge in [0.1, 0.15) is 18.0 Å². The van der Waals surface area contributed by atoms with E-state index in [0.717, 1.165) is 18.4 Å². The molecule has 37 heavy (non-hydrogen) atoms. The van der Waals surface area contributed by atoms with E-state index in [2.05, 4.69) is 10.3 Å². The van der Waals surface area contributed by atoms with Crippen LogP contribution in [0.1, 0.15) is 68.5 Å². The number of aromatic nitrogens is 1. The maximum Gasteiger partial charge on any atom is 0.302 e. The van der Waals surface area contributed by atoms with Gasteiger partial charge in [-0.05, 0) is 60.4 Å². The summed E-state index contributed by atoms with van der Waals surface area (Å²) in [5.74, 6) is -1.17. The van der Waals surface area contributed by atoms with Crippen LogP contribution in [0.5, 0.6) is 5.88 Å². The quantitative estimate of drug-likeness (QED) is 0.615. The molecule has 0 unspecified atom stereocenters. The Morgan fingerprint density at radius 1 is 1.16 bits per heavy atom. The Morgan fingerprint density at radius 3 is 2.62 bits per heavy atom. The highest BCUT2D eigenvalue weighted by Gasteiger charge is 2.44. The molecule has 1 aromatic heterocycles. The molecule has 1 aromatic carbocycles. The number of rotatable bonds is 5. The number of carbonyl (C=O) groups is 3. The van der Waals surface area contributed by atoms with Gasteiger partial charge < -0.3 is 19.7 Å². The second-order valence-corrected chi connectivity index (χ2v) is 10.8. The standard InChI is InChI=1S/C28H32FN3O5/c1-15(33)37-19-12-17(13-19)27(35)32-10-8-22-20(5-6-23(31-22)36-4)25(32)26(34)30-18-11-16-7-9-28(2,3)24(16)21(29)14-18/h5-6,11,14,17,19,25H,7-10,12-13H2,1-4H3,(H,30,34)/t17-,19+,25-/m1/s1. The number of hydrogen-bond acceptors (Lipinski definition) is 6. The van der Waals surface area contributed by atoms with Crippen molar-refractivity contribution in [2.75, 3.05) is 19.0 Å². The van der Waals surface area contributed by atoms with Crippen LogP contribution in [0, 0.1) is 11.7 Å². The minimum atomic E-state index is -0.921. The Morgan fingerprint density at radius 2 is 1.92 bits per heavy atom. The van der Waals surface area contributed by atoms with Crippen LogP contribution in [0.3, 0.4) is 0 Å². The van der Waals surface area contributed by atoms with E-state index in [-0.39, 0.29) is 35.1 Å². The monoisotopic (exact) mass is 509 g/mol. The highest BCUT2D eigenvalue weighted by atomic mass is 19.1. The Balaban J connectivity index is 1.42. The van der Waals surface area contributed by atoms with Crippen molar-refractivity contribution in [3.05, 3.63) is 52.5 Å². The van der Waals surface area contributed by atoms with E-state index in [1.54, 1.807) is 17.0 Å². The van der Waals surface area contributed by atoms with Crippen LogP contribution in [-0.4, -0.2) is 47.4 Å². The number of esters is 1. The number of nitrogens with one attached hydrogen (secondary N) is 1. The lowest BCUT2D eigenvalue weighted by Gasteiger charge is -2.41. The third kappa shape index (κ3) is 4.67. The third-order valence-electron chi connectivity index (χ3n) is 7.83. The molecule has 2 amide bonds. The molecule has 0 spiro atoms. The van der Waals surface area contributed by atoms with Gasteiger partial charge in [0, 0.05) is 43.1 Å². The van der Waals surface area contributed by atoms with E-state index in [1.165, 1.54) is 20.1 Å². The summed E-state index contributed by atoms with van der Waals surface area (Å²) in [4.78, 5) is 44.5. The predicted molar refractivity (Wildman–Crippen MR) is 134 cm³/mol. The zero-order chi connectivity index (χ0) is 26.5. The number of fused-ring (bicyclic) bond motifs is 2. The minimum absolute atomic E-state index is 0.160. The smallest absolute Gasteiger partial charge is 0.302 e. The van der Waals surface area contributed by atoms with Crippen molar-refractivity contribution in [2.45, 2.75) is 70.4 Å². The van der Waals surface area contributed by atoms with Crippen LogP contribution in [0.4, 0.5) is 10.1 Å². The lowest BCUT2D eigenvalue weighted by atomic mass is 9.80. The first-order chi connectivity index (χ1) is 17.6. The number of halogens is 1. The molecule has 9 heteroatoms. The van der Waals surface area contributed by atoms with Crippen molar-refractivity contribution in [3.8, 4) is 5.88 Å². The highest BCUT2D eigenvalue weighted by molar-refractivity contribution is 5.99. The first-order valence-electron chi connectivity index (χ1n) is 12.7. The molecule has 1 aliphatic heterocycles. The Kier molecular flexibility index (Phi) is 6.41. The largest absolute Gasteiger partial charge is 0.481 e. The Labute approximate surface area is 215 Å². The maximum absolute atomic E-state index is 15.1. The van der Waals surface area contributed by atoms with Crippen LogP contribution in [-0.2, 0) is 37.4 Å². The van der Waals surface area contributed by atoms with Crippen LogP contribution < -0.4 is 10.1 Å². The fraction of sp³-hybridized carbons (Fsp3) is 0.500. The molecular weight excluding hydrogens is 477 g/mol. The van der Waals surface area contributed by atoms with Gasteiger partial charge in [-0.1, -0.05) is 13.8 Å². The van der Waals surface area contributed by atoms with Gasteiger partial charge in [-0.2, -0.15) is 0 Å². The maximum atomic E-state index is 15.1. The van der Waals surface area contributed by atoms with Gasteiger partial charge in [-0.15, -0.1) is 0 Å². The first-order valence-corrected chi connectivity index (χ1v) is 12.7. The topological polar surface area (TPSA) is 97.8 Å². The summed E-state index contributed by atoms with van der Waals surface area (Å²) in [6.07, 6.45) is 2.66. The number of aryl methyl sites for hydroxylation is 1. The number of nitrogens with zero attached hydrogens (tertiary/aromatic N) is 2. The molecule has 5 rings (SSSR count). The molecule has 2 heterocycles. The highest BCUT2D eigenvalue weighted by Crippen LogP contribution is 2.42. The minimum Gasteiger partial charge on any atom is -0.481 e. The molecule has 2 aliphatic carbocycles. The molecule has 0 bridgehead atoms. The summed E-state index contributed by atoms with van der Waals surface area (Å²) < 4.78 is 25.5. The molecule has 0 saturated heterocycles. The van der Waals surface area contributed by atoms with Crippen molar-refractivity contribution in [1.82, 2.24) is 9.88 Å². The molecular formula is C28H32FN3O5. The number of anilines is 1. The Hall–Kier alpha value is -3.49. The van der Waals surface area contributed by atoms with Gasteiger partial charge in [0.2, 0.25) is 11.8 Å². The van der Waals surface area contributed by atoms with Crippen molar-refractivity contribution < 1.29 is 28.2 Å². The molecule has 0 radical (unpaired) electrons. The van der Waals surface area contributed by atoms with Crippen molar-refractivity contribution in [3.63, 3.8) is 0 Å². The molecule has 196 valence electrons. The summed E-state index contributed by atoms with van der Waals surface area (Å²) in [6, 6.07) is 5.71. The fourth-order valence-corrected chi connectivity index (χ4v) is 5.90. The Bertz CT molecular complexity index is 1270. The molecule has 8 nitrogen and oxygen atoms in total. The van der Waals surface area contributed by atoms with E-state index in [9.17, 15) is 14.4 Å². The lowest BCUT2D eigenvalue weighted by molar-refractivity contribution is -0.161. The average Bonchev–Trinajstić information content (AvgIpc) is 3.13. The predicted octanol–water partition coefficient (Wildman–Crippen LogP) is 3.86. The number of hydrogen-bond donors (Lipinski definition) is 1. The molecule has 3 aliphatic rings. The van der Waals surface area contributed by atoms with Gasteiger partial charge in [-0.3, -0.25) is 14.4 Å². The van der Waals surface area contributed by atoms with Crippen LogP contribution in [0.25, 0.3) is 0 Å². The molecule has 1 fully saturated rings. The van der Waals surface area contributed by atoms with E-state index in [0.29, 0.717) is 54.2 Å². The summed E-state index contributed by atoms with van der Waals surface area (Å²) in [5, 5.41) is 2.87. The van der Waals surface area contributed by atoms with Gasteiger partial charge in [0.25, 0.3) is 5.91 Å². The molecule has 1 saturated carbocycles. The zero-order valence-electron chi connectivity index (χ0n) is 21.6. The summed E-state index contributed by atoms with van der Waals surface area (Å²) in [5.41, 5.74) is 3.04. The SMILES string of the molecule is COc1ccc2c(n1)CCN(C(=O)[C@H]1C[C@@H](OC(C)=O)C1)[C@H]2C(=O)Nc1cc(F)c2c(c1)CCC2(C)C. The van der Waals surface area contributed by atoms with Crippen LogP contribution in [0.15, 0.2) is 24.3 Å². The summed E-state index contributed by atoms with van der Waals surface area (Å²) >= 11 is 0. The number of benzene rings is 1. The van der Waals surface area contributed by atoms with Crippen LogP contribution >= 0.6 is 0 Å². The average molecular weight is 510 g/mol. The second kappa shape index (κ2) is 9.43. The van der Waals surface area contributed by atoms with Crippen molar-refractivity contribution in [2.24, 2.45) is 5.92 Å². The first kappa shape index (κ1) is 25.2.